The first-order valence-corrected chi connectivity index (χ1v) is 8.53. The van der Waals surface area contributed by atoms with Crippen LogP contribution in [-0.4, -0.2) is 29.5 Å². The third-order valence-corrected chi connectivity index (χ3v) is 6.23. The van der Waals surface area contributed by atoms with Gasteiger partial charge in [-0.1, -0.05) is 49.6 Å². The predicted octanol–water partition coefficient (Wildman–Crippen LogP) is 2.73. The molecule has 0 aliphatic carbocycles. The van der Waals surface area contributed by atoms with E-state index < -0.39 is 10.0 Å². The Morgan fingerprint density at radius 3 is 2.24 bits per heavy atom. The van der Waals surface area contributed by atoms with Crippen molar-refractivity contribution in [1.29, 1.82) is 0 Å². The van der Waals surface area contributed by atoms with Gasteiger partial charge in [-0.2, -0.15) is 4.31 Å². The summed E-state index contributed by atoms with van der Waals surface area (Å²) in [7, 11) is -3.29. The first-order valence-electron chi connectivity index (χ1n) is 5.26. The van der Waals surface area contributed by atoms with Gasteiger partial charge >= 0.3 is 0 Å². The van der Waals surface area contributed by atoms with Crippen molar-refractivity contribution in [2.75, 3.05) is 13.1 Å². The highest BCUT2D eigenvalue weighted by Crippen LogP contribution is 2.32. The van der Waals surface area contributed by atoms with Crippen molar-refractivity contribution in [2.45, 2.75) is 15.6 Å². The largest absolute Gasteiger partial charge is 0.243 e. The number of rotatable bonds is 3. The van der Waals surface area contributed by atoms with Gasteiger partial charge in [-0.25, -0.2) is 8.42 Å². The van der Waals surface area contributed by atoms with E-state index in [4.69, 9.17) is 0 Å². The van der Waals surface area contributed by atoms with Gasteiger partial charge < -0.3 is 0 Å². The van der Waals surface area contributed by atoms with Crippen molar-refractivity contribution >= 4 is 41.9 Å². The van der Waals surface area contributed by atoms with Gasteiger partial charge in [0, 0.05) is 19.0 Å². The van der Waals surface area contributed by atoms with Crippen LogP contribution in [0.2, 0.25) is 0 Å². The Balaban J connectivity index is 2.13. The zero-order valence-corrected chi connectivity index (χ0v) is 13.3. The third-order valence-electron chi connectivity index (χ3n) is 2.89. The molecule has 17 heavy (non-hydrogen) atoms. The number of nitrogens with zero attached hydrogens (tertiary/aromatic N) is 1. The summed E-state index contributed by atoms with van der Waals surface area (Å²) in [5.74, 6) is 0.343. The van der Waals surface area contributed by atoms with Gasteiger partial charge in [0.05, 0.1) is 8.63 Å². The normalized spacial score (nSPS) is 18.4. The van der Waals surface area contributed by atoms with Crippen molar-refractivity contribution in [2.24, 2.45) is 5.92 Å². The fourth-order valence-electron chi connectivity index (χ4n) is 1.68. The van der Waals surface area contributed by atoms with Gasteiger partial charge in [-0.15, -0.1) is 0 Å². The molecule has 1 fully saturated rings. The molecule has 1 heterocycles. The molecule has 1 aliphatic heterocycles. The van der Waals surface area contributed by atoms with Crippen LogP contribution in [-0.2, 0) is 10.0 Å². The topological polar surface area (TPSA) is 37.4 Å². The Labute approximate surface area is 119 Å². The van der Waals surface area contributed by atoms with Crippen LogP contribution in [0.4, 0.5) is 0 Å². The van der Waals surface area contributed by atoms with Crippen molar-refractivity contribution in [3.8, 4) is 0 Å². The lowest BCUT2D eigenvalue weighted by Crippen LogP contribution is -2.51. The van der Waals surface area contributed by atoms with Crippen LogP contribution in [0.5, 0.6) is 0 Å². The second-order valence-corrected chi connectivity index (χ2v) is 9.37. The minimum absolute atomic E-state index is 0.180. The van der Waals surface area contributed by atoms with Gasteiger partial charge in [0.1, 0.15) is 0 Å². The second-order valence-electron chi connectivity index (χ2n) is 4.23. The fraction of sp³-hybridized carbons (Fsp3) is 0.455. The molecule has 1 aromatic rings. The molecule has 2 rings (SSSR count). The molecular formula is C11H13Br2NO2S. The summed E-state index contributed by atoms with van der Waals surface area (Å²) in [6.45, 7) is 3.07. The van der Waals surface area contributed by atoms with Crippen molar-refractivity contribution < 1.29 is 8.42 Å². The molecule has 3 nitrogen and oxygen atoms in total. The molecule has 1 aliphatic rings. The molecule has 0 amide bonds. The highest BCUT2D eigenvalue weighted by Gasteiger charge is 2.38. The molecule has 0 bridgehead atoms. The van der Waals surface area contributed by atoms with Gasteiger partial charge in [0.25, 0.3) is 0 Å². The predicted molar refractivity (Wildman–Crippen MR) is 75.1 cm³/mol. The van der Waals surface area contributed by atoms with Crippen LogP contribution in [0, 0.1) is 12.8 Å². The van der Waals surface area contributed by atoms with Crippen molar-refractivity contribution in [3.05, 3.63) is 29.8 Å². The molecule has 1 aromatic carbocycles. The summed E-state index contributed by atoms with van der Waals surface area (Å²) in [6, 6.07) is 6.97. The molecule has 0 unspecified atom stereocenters. The molecule has 0 aromatic heterocycles. The Bertz CT molecular complexity index is 493. The van der Waals surface area contributed by atoms with Crippen LogP contribution in [0.15, 0.2) is 29.2 Å². The van der Waals surface area contributed by atoms with Crippen LogP contribution in [0.25, 0.3) is 0 Å². The fourth-order valence-corrected chi connectivity index (χ4v) is 3.91. The van der Waals surface area contributed by atoms with E-state index in [1.807, 2.05) is 19.1 Å². The van der Waals surface area contributed by atoms with E-state index in [-0.39, 0.29) is 3.74 Å². The lowest BCUT2D eigenvalue weighted by Gasteiger charge is -2.39. The van der Waals surface area contributed by atoms with Crippen LogP contribution >= 0.6 is 31.9 Å². The van der Waals surface area contributed by atoms with E-state index in [1.54, 1.807) is 12.1 Å². The summed E-state index contributed by atoms with van der Waals surface area (Å²) in [5, 5.41) is 0. The van der Waals surface area contributed by atoms with Crippen molar-refractivity contribution in [3.63, 3.8) is 0 Å². The van der Waals surface area contributed by atoms with E-state index in [9.17, 15) is 8.42 Å². The van der Waals surface area contributed by atoms with E-state index in [0.29, 0.717) is 23.9 Å². The summed E-state index contributed by atoms with van der Waals surface area (Å²) < 4.78 is 26.1. The summed E-state index contributed by atoms with van der Waals surface area (Å²) >= 11 is 6.81. The quantitative estimate of drug-likeness (QED) is 0.753. The zero-order valence-electron chi connectivity index (χ0n) is 9.31. The first-order chi connectivity index (χ1) is 7.91. The molecule has 6 heteroatoms. The SMILES string of the molecule is Cc1ccc(S(=O)(=O)N2CC(C(Br)Br)C2)cc1. The molecule has 94 valence electrons. The highest BCUT2D eigenvalue weighted by molar-refractivity contribution is 9.24. The van der Waals surface area contributed by atoms with Crippen LogP contribution < -0.4 is 0 Å². The van der Waals surface area contributed by atoms with E-state index in [1.165, 1.54) is 4.31 Å². The minimum atomic E-state index is -3.29. The number of benzene rings is 1. The Hall–Kier alpha value is 0.0900. The average Bonchev–Trinajstić information content (AvgIpc) is 2.14. The minimum Gasteiger partial charge on any atom is -0.207 e. The maximum Gasteiger partial charge on any atom is 0.243 e. The summed E-state index contributed by atoms with van der Waals surface area (Å²) in [6.07, 6.45) is 0. The number of alkyl halides is 2. The highest BCUT2D eigenvalue weighted by atomic mass is 79.9. The van der Waals surface area contributed by atoms with Gasteiger partial charge in [-0.05, 0) is 19.1 Å². The van der Waals surface area contributed by atoms with E-state index in [0.717, 1.165) is 5.56 Å². The number of hydrogen-bond acceptors (Lipinski definition) is 2. The second kappa shape index (κ2) is 4.99. The van der Waals surface area contributed by atoms with Crippen molar-refractivity contribution in [1.82, 2.24) is 4.31 Å². The number of aryl methyl sites for hydroxylation is 1. The van der Waals surface area contributed by atoms with E-state index >= 15 is 0 Å². The Kier molecular flexibility index (Phi) is 3.97. The monoisotopic (exact) mass is 381 g/mol. The number of sulfonamides is 1. The van der Waals surface area contributed by atoms with Gasteiger partial charge in [-0.3, -0.25) is 0 Å². The maximum atomic E-state index is 12.2. The van der Waals surface area contributed by atoms with Gasteiger partial charge in [0.2, 0.25) is 10.0 Å². The molecular weight excluding hydrogens is 370 g/mol. The molecule has 0 N–H and O–H groups in total. The summed E-state index contributed by atoms with van der Waals surface area (Å²) in [4.78, 5) is 0.377. The standard InChI is InChI=1S/C11H13Br2NO2S/c1-8-2-4-10(5-3-8)17(15,16)14-6-9(7-14)11(12)13/h2-5,9,11H,6-7H2,1H3. The lowest BCUT2D eigenvalue weighted by molar-refractivity contribution is 0.218. The molecule has 0 radical (unpaired) electrons. The van der Waals surface area contributed by atoms with Crippen LogP contribution in [0.1, 0.15) is 5.56 Å². The zero-order chi connectivity index (χ0) is 12.6. The maximum absolute atomic E-state index is 12.2. The Morgan fingerprint density at radius 1 is 1.24 bits per heavy atom. The molecule has 0 saturated carbocycles. The molecule has 1 saturated heterocycles. The average molecular weight is 383 g/mol. The molecule has 0 atom stereocenters. The first kappa shape index (κ1) is 13.5. The van der Waals surface area contributed by atoms with E-state index in [2.05, 4.69) is 31.9 Å². The van der Waals surface area contributed by atoms with Gasteiger partial charge in [0.15, 0.2) is 0 Å². The van der Waals surface area contributed by atoms with Crippen LogP contribution in [0.3, 0.4) is 0 Å². The summed E-state index contributed by atoms with van der Waals surface area (Å²) in [5.41, 5.74) is 1.06. The number of halogens is 2. The third kappa shape index (κ3) is 2.75. The number of hydrogen-bond donors (Lipinski definition) is 0. The lowest BCUT2D eigenvalue weighted by atomic mass is 10.1. The smallest absolute Gasteiger partial charge is 0.207 e. The molecule has 0 spiro atoms. The Morgan fingerprint density at radius 2 is 1.76 bits per heavy atom.